The first kappa shape index (κ1) is 19.6. The van der Waals surface area contributed by atoms with Crippen molar-refractivity contribution in [2.45, 2.75) is 51.5 Å². The van der Waals surface area contributed by atoms with Crippen LogP contribution >= 0.6 is 0 Å². The predicted octanol–water partition coefficient (Wildman–Crippen LogP) is 3.97. The first-order valence-corrected chi connectivity index (χ1v) is 10.0. The Morgan fingerprint density at radius 2 is 2.11 bits per heavy atom. The molecule has 146 valence electrons. The molecule has 0 bridgehead atoms. The van der Waals surface area contributed by atoms with Gasteiger partial charge < -0.3 is 14.3 Å². The molecule has 0 aliphatic carbocycles. The van der Waals surface area contributed by atoms with Gasteiger partial charge in [0.15, 0.2) is 0 Å². The van der Waals surface area contributed by atoms with E-state index in [2.05, 4.69) is 40.4 Å². The lowest BCUT2D eigenvalue weighted by molar-refractivity contribution is 0.0578. The summed E-state index contributed by atoms with van der Waals surface area (Å²) in [5.41, 5.74) is 2.22. The molecule has 0 unspecified atom stereocenters. The molecular formula is C22H31N3O2. The molecule has 3 rings (SSSR count). The Labute approximate surface area is 162 Å². The monoisotopic (exact) mass is 369 g/mol. The number of nitrogens with zero attached hydrogens (tertiary/aromatic N) is 3. The third-order valence-electron chi connectivity index (χ3n) is 5.46. The van der Waals surface area contributed by atoms with Crippen LogP contribution in [0.15, 0.2) is 40.9 Å². The number of aromatic nitrogens is 1. The van der Waals surface area contributed by atoms with Gasteiger partial charge in [-0.05, 0) is 50.3 Å². The second kappa shape index (κ2) is 9.18. The second-order valence-electron chi connectivity index (χ2n) is 7.87. The fourth-order valence-corrected chi connectivity index (χ4v) is 3.70. The Hall–Kier alpha value is -2.14. The van der Waals surface area contributed by atoms with Gasteiger partial charge in [0.2, 0.25) is 5.76 Å². The molecule has 1 aromatic heterocycles. The lowest BCUT2D eigenvalue weighted by Crippen LogP contribution is -2.48. The minimum atomic E-state index is -0.0643. The highest BCUT2D eigenvalue weighted by molar-refractivity contribution is 5.91. The van der Waals surface area contributed by atoms with Crippen LogP contribution in [0.2, 0.25) is 0 Å². The lowest BCUT2D eigenvalue weighted by atomic mass is 10.0. The van der Waals surface area contributed by atoms with Crippen LogP contribution in [0.25, 0.3) is 0 Å². The van der Waals surface area contributed by atoms with Crippen LogP contribution in [0.1, 0.15) is 60.8 Å². The molecule has 1 saturated heterocycles. The molecule has 27 heavy (non-hydrogen) atoms. The number of rotatable bonds is 7. The molecule has 1 atom stereocenters. The number of carbonyl (C=O) groups is 1. The van der Waals surface area contributed by atoms with E-state index in [4.69, 9.17) is 4.52 Å². The normalized spacial score (nSPS) is 18.0. The smallest absolute Gasteiger partial charge is 0.292 e. The van der Waals surface area contributed by atoms with Gasteiger partial charge in [-0.15, -0.1) is 0 Å². The molecule has 1 aliphatic heterocycles. The van der Waals surface area contributed by atoms with Crippen molar-refractivity contribution in [1.82, 2.24) is 15.0 Å². The molecule has 2 aromatic rings. The number of likely N-dealkylation sites (N-methyl/N-ethyl adjacent to an activating group) is 1. The third kappa shape index (κ3) is 5.19. The van der Waals surface area contributed by atoms with Gasteiger partial charge in [0.1, 0.15) is 0 Å². The molecule has 0 radical (unpaired) electrons. The highest BCUT2D eigenvalue weighted by Gasteiger charge is 2.28. The van der Waals surface area contributed by atoms with E-state index in [1.807, 2.05) is 25.8 Å². The summed E-state index contributed by atoms with van der Waals surface area (Å²) in [5, 5.41) is 4.02. The van der Waals surface area contributed by atoms with Crippen molar-refractivity contribution in [1.29, 1.82) is 0 Å². The zero-order chi connectivity index (χ0) is 19.2. The van der Waals surface area contributed by atoms with Gasteiger partial charge >= 0.3 is 0 Å². The molecule has 1 amide bonds. The van der Waals surface area contributed by atoms with Gasteiger partial charge in [0, 0.05) is 25.7 Å². The van der Waals surface area contributed by atoms with Crippen LogP contribution in [-0.4, -0.2) is 53.6 Å². The van der Waals surface area contributed by atoms with Crippen molar-refractivity contribution in [2.24, 2.45) is 0 Å². The van der Waals surface area contributed by atoms with Crippen molar-refractivity contribution < 1.29 is 9.32 Å². The topological polar surface area (TPSA) is 49.6 Å². The van der Waals surface area contributed by atoms with Gasteiger partial charge in [-0.25, -0.2) is 0 Å². The van der Waals surface area contributed by atoms with Crippen LogP contribution in [0.5, 0.6) is 0 Å². The van der Waals surface area contributed by atoms with Crippen molar-refractivity contribution in [3.63, 3.8) is 0 Å². The van der Waals surface area contributed by atoms with Gasteiger partial charge in [-0.1, -0.05) is 49.3 Å². The molecule has 1 aliphatic rings. The molecule has 2 heterocycles. The summed E-state index contributed by atoms with van der Waals surface area (Å²) in [6.45, 7) is 7.22. The number of hydrogen-bond donors (Lipinski definition) is 0. The lowest BCUT2D eigenvalue weighted by Gasteiger charge is -2.37. The third-order valence-corrected chi connectivity index (χ3v) is 5.46. The van der Waals surface area contributed by atoms with Crippen LogP contribution in [0, 0.1) is 0 Å². The summed E-state index contributed by atoms with van der Waals surface area (Å²) >= 11 is 0. The van der Waals surface area contributed by atoms with E-state index in [-0.39, 0.29) is 17.9 Å². The summed E-state index contributed by atoms with van der Waals surface area (Å²) in [6, 6.07) is 12.6. The van der Waals surface area contributed by atoms with Crippen molar-refractivity contribution >= 4 is 5.91 Å². The molecule has 1 aromatic carbocycles. The molecule has 0 saturated carbocycles. The fraction of sp³-hybridized carbons (Fsp3) is 0.545. The Balaban J connectivity index is 1.51. The summed E-state index contributed by atoms with van der Waals surface area (Å²) in [6.07, 6.45) is 4.42. The Morgan fingerprint density at radius 1 is 1.33 bits per heavy atom. The van der Waals surface area contributed by atoms with Crippen molar-refractivity contribution in [2.75, 3.05) is 26.7 Å². The Bertz CT molecular complexity index is 726. The minimum absolute atomic E-state index is 0.0643. The quantitative estimate of drug-likeness (QED) is 0.741. The average molecular weight is 370 g/mol. The number of aryl methyl sites for hydroxylation is 1. The predicted molar refractivity (Wildman–Crippen MR) is 107 cm³/mol. The molecule has 5 heteroatoms. The van der Waals surface area contributed by atoms with Crippen LogP contribution in [0.3, 0.4) is 0 Å². The molecule has 5 nitrogen and oxygen atoms in total. The van der Waals surface area contributed by atoms with E-state index in [1.165, 1.54) is 5.56 Å². The maximum Gasteiger partial charge on any atom is 0.292 e. The van der Waals surface area contributed by atoms with E-state index < -0.39 is 0 Å². The SMILES string of the molecule is CC(C)c1cc(C(=O)N(C)[C@H]2CCCN(CCCc3ccccc3)C2)on1. The number of carbonyl (C=O) groups excluding carboxylic acids is 1. The zero-order valence-electron chi connectivity index (χ0n) is 16.7. The second-order valence-corrected chi connectivity index (χ2v) is 7.87. The van der Waals surface area contributed by atoms with E-state index in [0.717, 1.165) is 51.0 Å². The van der Waals surface area contributed by atoms with Crippen LogP contribution in [0.4, 0.5) is 0 Å². The molecule has 1 fully saturated rings. The van der Waals surface area contributed by atoms with Gasteiger partial charge in [0.25, 0.3) is 5.91 Å². The first-order valence-electron chi connectivity index (χ1n) is 10.0. The van der Waals surface area contributed by atoms with Crippen molar-refractivity contribution in [3.8, 4) is 0 Å². The number of amides is 1. The maximum absolute atomic E-state index is 12.8. The maximum atomic E-state index is 12.8. The van der Waals surface area contributed by atoms with E-state index >= 15 is 0 Å². The Morgan fingerprint density at radius 3 is 2.81 bits per heavy atom. The van der Waals surface area contributed by atoms with Crippen molar-refractivity contribution in [3.05, 3.63) is 53.4 Å². The van der Waals surface area contributed by atoms with E-state index in [9.17, 15) is 4.79 Å². The summed E-state index contributed by atoms with van der Waals surface area (Å²) < 4.78 is 5.29. The van der Waals surface area contributed by atoms with Gasteiger partial charge in [-0.2, -0.15) is 0 Å². The largest absolute Gasteiger partial charge is 0.351 e. The molecule has 0 N–H and O–H groups in total. The van der Waals surface area contributed by atoms with E-state index in [0.29, 0.717) is 5.76 Å². The highest BCUT2D eigenvalue weighted by Crippen LogP contribution is 2.20. The fourth-order valence-electron chi connectivity index (χ4n) is 3.70. The summed E-state index contributed by atoms with van der Waals surface area (Å²) in [4.78, 5) is 17.1. The van der Waals surface area contributed by atoms with Gasteiger partial charge in [0.05, 0.1) is 5.69 Å². The first-order chi connectivity index (χ1) is 13.0. The number of piperidine rings is 1. The zero-order valence-corrected chi connectivity index (χ0v) is 16.7. The number of likely N-dealkylation sites (tertiary alicyclic amines) is 1. The standard InChI is InChI=1S/C22H31N3O2/c1-17(2)20-15-21(27-23-20)22(26)24(3)19-12-8-14-25(16-19)13-7-11-18-9-5-4-6-10-18/h4-6,9-10,15,17,19H,7-8,11-14,16H2,1-3H3/t19-/m0/s1. The summed E-state index contributed by atoms with van der Waals surface area (Å²) in [7, 11) is 1.89. The average Bonchev–Trinajstić information content (AvgIpc) is 3.18. The number of benzene rings is 1. The summed E-state index contributed by atoms with van der Waals surface area (Å²) in [5.74, 6) is 0.545. The minimum Gasteiger partial charge on any atom is -0.351 e. The molecular weight excluding hydrogens is 338 g/mol. The molecule has 0 spiro atoms. The van der Waals surface area contributed by atoms with Gasteiger partial charge in [-0.3, -0.25) is 4.79 Å². The number of hydrogen-bond acceptors (Lipinski definition) is 4. The van der Waals surface area contributed by atoms with Crippen LogP contribution < -0.4 is 0 Å². The van der Waals surface area contributed by atoms with E-state index in [1.54, 1.807) is 6.07 Å². The highest BCUT2D eigenvalue weighted by atomic mass is 16.5. The Kier molecular flexibility index (Phi) is 6.67. The van der Waals surface area contributed by atoms with Crippen LogP contribution in [-0.2, 0) is 6.42 Å².